The van der Waals surface area contributed by atoms with Crippen LogP contribution in [0, 0.1) is 3.57 Å². The number of ether oxygens (including phenoxy) is 1. The monoisotopic (exact) mass is 487 g/mol. The first kappa shape index (κ1) is 17.9. The van der Waals surface area contributed by atoms with Crippen molar-refractivity contribution in [3.05, 3.63) is 85.2 Å². The lowest BCUT2D eigenvalue weighted by atomic mass is 10.2. The lowest BCUT2D eigenvalue weighted by Gasteiger charge is -2.02. The maximum atomic E-state index is 12.6. The first-order valence-corrected chi connectivity index (χ1v) is 10.0. The van der Waals surface area contributed by atoms with Crippen LogP contribution in [-0.4, -0.2) is 21.2 Å². The van der Waals surface area contributed by atoms with Gasteiger partial charge < -0.3 is 4.74 Å². The van der Waals surface area contributed by atoms with E-state index in [4.69, 9.17) is 4.74 Å². The molecule has 0 radical (unpaired) electrons. The van der Waals surface area contributed by atoms with E-state index in [0.29, 0.717) is 21.9 Å². The van der Waals surface area contributed by atoms with Crippen LogP contribution in [0.5, 0.6) is 5.75 Å². The Labute approximate surface area is 172 Å². The maximum absolute atomic E-state index is 12.6. The van der Waals surface area contributed by atoms with Gasteiger partial charge in [-0.1, -0.05) is 36.1 Å². The van der Waals surface area contributed by atoms with E-state index in [2.05, 4.69) is 39.3 Å². The smallest absolute Gasteiger partial charge is 0.291 e. The molecule has 134 valence electrons. The van der Waals surface area contributed by atoms with E-state index >= 15 is 0 Å². The number of halogens is 1. The highest BCUT2D eigenvalue weighted by Gasteiger charge is 2.12. The summed E-state index contributed by atoms with van der Waals surface area (Å²) >= 11 is 3.59. The van der Waals surface area contributed by atoms with Crippen molar-refractivity contribution in [3.8, 4) is 17.1 Å². The van der Waals surface area contributed by atoms with Gasteiger partial charge >= 0.3 is 0 Å². The van der Waals surface area contributed by atoms with Gasteiger partial charge in [0.1, 0.15) is 12.4 Å². The fraction of sp³-hybridized carbons (Fsp3) is 0.0500. The second-order valence-corrected chi connectivity index (χ2v) is 7.98. The van der Waals surface area contributed by atoms with E-state index in [9.17, 15) is 4.79 Å². The van der Waals surface area contributed by atoms with Crippen LogP contribution < -0.4 is 14.8 Å². The van der Waals surface area contributed by atoms with Gasteiger partial charge in [0.15, 0.2) is 5.82 Å². The SMILES string of the molecule is C=CCOc1ccc(-c2nc3s/c(=C\c4ccc(I)cc4)c(=O)n3n2)cc1. The lowest BCUT2D eigenvalue weighted by molar-refractivity contribution is 0.363. The summed E-state index contributed by atoms with van der Waals surface area (Å²) in [5, 5.41) is 4.38. The van der Waals surface area contributed by atoms with Crippen molar-refractivity contribution in [2.45, 2.75) is 0 Å². The number of thiazole rings is 1. The van der Waals surface area contributed by atoms with E-state index in [1.807, 2.05) is 54.6 Å². The summed E-state index contributed by atoms with van der Waals surface area (Å²) in [6.07, 6.45) is 3.56. The molecule has 0 N–H and O–H groups in total. The molecule has 0 unspecified atom stereocenters. The Bertz CT molecular complexity index is 1210. The third-order valence-electron chi connectivity index (χ3n) is 3.83. The molecule has 2 aromatic carbocycles. The average Bonchev–Trinajstić information content (AvgIpc) is 3.22. The molecule has 27 heavy (non-hydrogen) atoms. The molecule has 7 heteroatoms. The Balaban J connectivity index is 1.67. The van der Waals surface area contributed by atoms with E-state index in [1.165, 1.54) is 15.9 Å². The minimum Gasteiger partial charge on any atom is -0.490 e. The topological polar surface area (TPSA) is 56.5 Å². The number of aromatic nitrogens is 3. The molecule has 5 nitrogen and oxygen atoms in total. The highest BCUT2D eigenvalue weighted by molar-refractivity contribution is 14.1. The normalized spacial score (nSPS) is 11.8. The zero-order valence-electron chi connectivity index (χ0n) is 14.1. The van der Waals surface area contributed by atoms with Gasteiger partial charge in [-0.2, -0.15) is 9.50 Å². The van der Waals surface area contributed by atoms with Crippen LogP contribution in [0.4, 0.5) is 0 Å². The van der Waals surface area contributed by atoms with Gasteiger partial charge in [0.25, 0.3) is 5.56 Å². The first-order chi connectivity index (χ1) is 13.1. The number of rotatable bonds is 5. The van der Waals surface area contributed by atoms with Gasteiger partial charge in [0, 0.05) is 9.13 Å². The van der Waals surface area contributed by atoms with Gasteiger partial charge in [-0.15, -0.1) is 5.10 Å². The van der Waals surface area contributed by atoms with Crippen molar-refractivity contribution >= 4 is 45.0 Å². The molecule has 0 atom stereocenters. The lowest BCUT2D eigenvalue weighted by Crippen LogP contribution is -2.23. The summed E-state index contributed by atoms with van der Waals surface area (Å²) in [6.45, 7) is 4.08. The Morgan fingerprint density at radius 2 is 1.89 bits per heavy atom. The summed E-state index contributed by atoms with van der Waals surface area (Å²) in [6, 6.07) is 15.4. The van der Waals surface area contributed by atoms with E-state index in [1.54, 1.807) is 6.08 Å². The minimum atomic E-state index is -0.154. The highest BCUT2D eigenvalue weighted by atomic mass is 127. The number of fused-ring (bicyclic) bond motifs is 1. The van der Waals surface area contributed by atoms with Crippen molar-refractivity contribution in [2.24, 2.45) is 0 Å². The van der Waals surface area contributed by atoms with E-state index in [-0.39, 0.29) is 5.56 Å². The molecular formula is C20H14IN3O2S. The standard InChI is InChI=1S/C20H14IN3O2S/c1-2-11-26-16-9-5-14(6-10-16)18-22-20-24(23-18)19(25)17(27-20)12-13-3-7-15(21)8-4-13/h2-10,12H,1,11H2/b17-12-. The minimum absolute atomic E-state index is 0.154. The fourth-order valence-electron chi connectivity index (χ4n) is 2.52. The van der Waals surface area contributed by atoms with E-state index < -0.39 is 0 Å². The predicted octanol–water partition coefficient (Wildman–Crippen LogP) is 3.54. The summed E-state index contributed by atoms with van der Waals surface area (Å²) in [5.41, 5.74) is 1.66. The van der Waals surface area contributed by atoms with Crippen molar-refractivity contribution in [1.82, 2.24) is 14.6 Å². The summed E-state index contributed by atoms with van der Waals surface area (Å²) in [5.74, 6) is 1.27. The molecule has 0 saturated heterocycles. The quantitative estimate of drug-likeness (QED) is 0.319. The molecule has 0 aliphatic carbocycles. The summed E-state index contributed by atoms with van der Waals surface area (Å²) in [4.78, 5) is 17.7. The van der Waals surface area contributed by atoms with Crippen LogP contribution in [0.25, 0.3) is 22.4 Å². The molecule has 4 rings (SSSR count). The predicted molar refractivity (Wildman–Crippen MR) is 116 cm³/mol. The molecule has 4 aromatic rings. The van der Waals surface area contributed by atoms with Crippen LogP contribution in [0.15, 0.2) is 66.0 Å². The molecule has 0 aliphatic rings. The van der Waals surface area contributed by atoms with Crippen molar-refractivity contribution in [2.75, 3.05) is 6.61 Å². The largest absolute Gasteiger partial charge is 0.490 e. The van der Waals surface area contributed by atoms with Crippen LogP contribution in [0.3, 0.4) is 0 Å². The van der Waals surface area contributed by atoms with Gasteiger partial charge in [-0.05, 0) is 70.6 Å². The van der Waals surface area contributed by atoms with Gasteiger partial charge in [-0.25, -0.2) is 0 Å². The van der Waals surface area contributed by atoms with Gasteiger partial charge in [0.05, 0.1) is 4.53 Å². The Morgan fingerprint density at radius 1 is 1.15 bits per heavy atom. The third kappa shape index (κ3) is 3.79. The van der Waals surface area contributed by atoms with Gasteiger partial charge in [-0.3, -0.25) is 4.79 Å². The summed E-state index contributed by atoms with van der Waals surface area (Å²) in [7, 11) is 0. The average molecular weight is 487 g/mol. The van der Waals surface area contributed by atoms with Crippen LogP contribution in [0.1, 0.15) is 5.56 Å². The zero-order chi connectivity index (χ0) is 18.8. The van der Waals surface area contributed by atoms with Crippen molar-refractivity contribution in [1.29, 1.82) is 0 Å². The fourth-order valence-corrected chi connectivity index (χ4v) is 3.79. The van der Waals surface area contributed by atoms with Crippen LogP contribution in [-0.2, 0) is 0 Å². The maximum Gasteiger partial charge on any atom is 0.291 e. The number of hydrogen-bond donors (Lipinski definition) is 0. The van der Waals surface area contributed by atoms with Crippen molar-refractivity contribution in [3.63, 3.8) is 0 Å². The molecule has 0 bridgehead atoms. The highest BCUT2D eigenvalue weighted by Crippen LogP contribution is 2.20. The molecule has 0 spiro atoms. The Kier molecular flexibility index (Phi) is 5.04. The molecule has 0 aliphatic heterocycles. The molecule has 2 aromatic heterocycles. The summed E-state index contributed by atoms with van der Waals surface area (Å²) < 4.78 is 8.60. The molecule has 0 saturated carbocycles. The third-order valence-corrected chi connectivity index (χ3v) is 5.51. The number of hydrogen-bond acceptors (Lipinski definition) is 5. The molecule has 2 heterocycles. The first-order valence-electron chi connectivity index (χ1n) is 8.15. The number of nitrogens with zero attached hydrogens (tertiary/aromatic N) is 3. The van der Waals surface area contributed by atoms with E-state index in [0.717, 1.165) is 20.4 Å². The second-order valence-electron chi connectivity index (χ2n) is 5.72. The zero-order valence-corrected chi connectivity index (χ0v) is 17.1. The second kappa shape index (κ2) is 7.61. The number of benzene rings is 2. The van der Waals surface area contributed by atoms with Crippen LogP contribution in [0.2, 0.25) is 0 Å². The van der Waals surface area contributed by atoms with Crippen LogP contribution >= 0.6 is 33.9 Å². The van der Waals surface area contributed by atoms with Crippen molar-refractivity contribution < 1.29 is 4.74 Å². The van der Waals surface area contributed by atoms with Gasteiger partial charge in [0.2, 0.25) is 4.96 Å². The molecule has 0 fully saturated rings. The Hall–Kier alpha value is -2.52. The Morgan fingerprint density at radius 3 is 2.56 bits per heavy atom. The molecule has 0 amide bonds. The molecular weight excluding hydrogens is 473 g/mol.